The lowest BCUT2D eigenvalue weighted by atomic mass is 10.0. The molecule has 2 aliphatic rings. The smallest absolute Gasteiger partial charge is 0.243 e. The third kappa shape index (κ3) is 7.45. The molecule has 0 aliphatic carbocycles. The van der Waals surface area contributed by atoms with E-state index in [4.69, 9.17) is 14.2 Å². The van der Waals surface area contributed by atoms with Gasteiger partial charge in [-0.2, -0.15) is 4.31 Å². The standard InChI is InChI=1S/C27H37N3O7S/c1-19(2)15-30(38(33,34)22-8-9-25-26(13-22)37-18-36-25)16-24(31)23(12-20-6-4-3-5-7-20)29-27(32)14-28-21-10-11-35-17-21/h3-9,13,19,21,23-24,28,31H,10-12,14-18H2,1-2H3,(H,29,32)/t21-,23-,24+/m0/s1. The molecule has 38 heavy (non-hydrogen) atoms. The topological polar surface area (TPSA) is 126 Å². The zero-order chi connectivity index (χ0) is 27.1. The Morgan fingerprint density at radius 2 is 1.87 bits per heavy atom. The van der Waals surface area contributed by atoms with E-state index in [0.717, 1.165) is 12.0 Å². The molecule has 208 valence electrons. The number of nitrogens with zero attached hydrogens (tertiary/aromatic N) is 1. The van der Waals surface area contributed by atoms with Gasteiger partial charge in [0, 0.05) is 31.8 Å². The highest BCUT2D eigenvalue weighted by atomic mass is 32.2. The number of sulfonamides is 1. The normalized spacial score (nSPS) is 18.6. The Bertz CT molecular complexity index is 1170. The first-order chi connectivity index (χ1) is 18.2. The van der Waals surface area contributed by atoms with Gasteiger partial charge >= 0.3 is 0 Å². The predicted molar refractivity (Wildman–Crippen MR) is 141 cm³/mol. The van der Waals surface area contributed by atoms with Crippen molar-refractivity contribution in [2.24, 2.45) is 5.92 Å². The zero-order valence-electron chi connectivity index (χ0n) is 21.8. The number of carbonyl (C=O) groups is 1. The molecule has 1 saturated heterocycles. The van der Waals surface area contributed by atoms with Gasteiger partial charge in [-0.1, -0.05) is 44.2 Å². The third-order valence-electron chi connectivity index (χ3n) is 6.53. The van der Waals surface area contributed by atoms with Crippen molar-refractivity contribution in [3.63, 3.8) is 0 Å². The maximum absolute atomic E-state index is 13.7. The summed E-state index contributed by atoms with van der Waals surface area (Å²) in [4.78, 5) is 12.9. The molecule has 11 heteroatoms. The Balaban J connectivity index is 1.51. The second-order valence-electron chi connectivity index (χ2n) is 10.1. The first kappa shape index (κ1) is 28.3. The Kier molecular flexibility index (Phi) is 9.61. The summed E-state index contributed by atoms with van der Waals surface area (Å²) in [6.07, 6.45) is 0.0296. The summed E-state index contributed by atoms with van der Waals surface area (Å²) in [5.74, 6) is 0.588. The van der Waals surface area contributed by atoms with Gasteiger partial charge in [-0.15, -0.1) is 0 Å². The highest BCUT2D eigenvalue weighted by Crippen LogP contribution is 2.34. The van der Waals surface area contributed by atoms with Crippen LogP contribution in [0.1, 0.15) is 25.8 Å². The number of aliphatic hydroxyl groups is 1. The molecule has 3 N–H and O–H groups in total. The molecule has 0 spiro atoms. The van der Waals surface area contributed by atoms with E-state index >= 15 is 0 Å². The van der Waals surface area contributed by atoms with E-state index in [0.29, 0.717) is 31.1 Å². The van der Waals surface area contributed by atoms with E-state index < -0.39 is 22.2 Å². The van der Waals surface area contributed by atoms with Gasteiger partial charge in [0.1, 0.15) is 0 Å². The molecular weight excluding hydrogens is 510 g/mol. The molecule has 2 aromatic carbocycles. The molecule has 0 radical (unpaired) electrons. The van der Waals surface area contributed by atoms with Crippen LogP contribution in [0.4, 0.5) is 0 Å². The molecule has 0 bridgehead atoms. The summed E-state index contributed by atoms with van der Waals surface area (Å²) in [7, 11) is -3.97. The number of amides is 1. The Labute approximate surface area is 224 Å². The van der Waals surface area contributed by atoms with E-state index in [1.165, 1.54) is 16.4 Å². The molecule has 10 nitrogen and oxygen atoms in total. The first-order valence-electron chi connectivity index (χ1n) is 12.9. The van der Waals surface area contributed by atoms with Gasteiger partial charge in [0.15, 0.2) is 11.5 Å². The molecule has 3 atom stereocenters. The molecular formula is C27H37N3O7S. The number of benzene rings is 2. The second-order valence-corrected chi connectivity index (χ2v) is 12.0. The van der Waals surface area contributed by atoms with Crippen LogP contribution < -0.4 is 20.1 Å². The molecule has 2 aliphatic heterocycles. The van der Waals surface area contributed by atoms with Gasteiger partial charge in [-0.3, -0.25) is 4.79 Å². The SMILES string of the molecule is CC(C)CN(C[C@@H](O)[C@H](Cc1ccccc1)NC(=O)CN[C@H]1CCOC1)S(=O)(=O)c1ccc2c(c1)OCO2. The number of ether oxygens (including phenoxy) is 3. The number of nitrogens with one attached hydrogen (secondary N) is 2. The maximum Gasteiger partial charge on any atom is 0.243 e. The van der Waals surface area contributed by atoms with Gasteiger partial charge in [-0.25, -0.2) is 8.42 Å². The maximum atomic E-state index is 13.7. The van der Waals surface area contributed by atoms with Crippen molar-refractivity contribution in [2.45, 2.75) is 49.8 Å². The van der Waals surface area contributed by atoms with Crippen LogP contribution in [0.3, 0.4) is 0 Å². The van der Waals surface area contributed by atoms with Crippen LogP contribution in [0.25, 0.3) is 0 Å². The fourth-order valence-electron chi connectivity index (χ4n) is 4.54. The largest absolute Gasteiger partial charge is 0.454 e. The third-order valence-corrected chi connectivity index (χ3v) is 8.36. The lowest BCUT2D eigenvalue weighted by Crippen LogP contribution is -2.53. The number of aliphatic hydroxyl groups excluding tert-OH is 1. The summed E-state index contributed by atoms with van der Waals surface area (Å²) in [5.41, 5.74) is 0.919. The molecule has 1 amide bonds. The van der Waals surface area contributed by atoms with Crippen molar-refractivity contribution in [3.8, 4) is 11.5 Å². The van der Waals surface area contributed by atoms with Crippen molar-refractivity contribution in [3.05, 3.63) is 54.1 Å². The number of hydrogen-bond donors (Lipinski definition) is 3. The van der Waals surface area contributed by atoms with Crippen LogP contribution in [0.5, 0.6) is 11.5 Å². The molecule has 0 saturated carbocycles. The molecule has 1 fully saturated rings. The Hall–Kier alpha value is -2.70. The lowest BCUT2D eigenvalue weighted by Gasteiger charge is -2.31. The lowest BCUT2D eigenvalue weighted by molar-refractivity contribution is -0.122. The number of fused-ring (bicyclic) bond motifs is 1. The van der Waals surface area contributed by atoms with Crippen LogP contribution in [0, 0.1) is 5.92 Å². The fraction of sp³-hybridized carbons (Fsp3) is 0.519. The van der Waals surface area contributed by atoms with Gasteiger partial charge in [0.05, 0.1) is 30.2 Å². The van der Waals surface area contributed by atoms with Crippen molar-refractivity contribution in [1.29, 1.82) is 0 Å². The summed E-state index contributed by atoms with van der Waals surface area (Å²) in [6.45, 7) is 5.18. The second kappa shape index (κ2) is 12.9. The average molecular weight is 548 g/mol. The number of rotatable bonds is 13. The summed E-state index contributed by atoms with van der Waals surface area (Å²) >= 11 is 0. The molecule has 4 rings (SSSR count). The summed E-state index contributed by atoms with van der Waals surface area (Å²) in [5, 5.41) is 17.4. The quantitative estimate of drug-likeness (QED) is 0.345. The van der Waals surface area contributed by atoms with E-state index in [9.17, 15) is 18.3 Å². The van der Waals surface area contributed by atoms with E-state index in [-0.39, 0.29) is 49.2 Å². The predicted octanol–water partition coefficient (Wildman–Crippen LogP) is 1.53. The summed E-state index contributed by atoms with van der Waals surface area (Å²) < 4.78 is 44.6. The zero-order valence-corrected chi connectivity index (χ0v) is 22.7. The van der Waals surface area contributed by atoms with Crippen LogP contribution in [0.2, 0.25) is 0 Å². The van der Waals surface area contributed by atoms with Crippen LogP contribution >= 0.6 is 0 Å². The number of carbonyl (C=O) groups excluding carboxylic acids is 1. The van der Waals surface area contributed by atoms with Crippen LogP contribution in [0.15, 0.2) is 53.4 Å². The van der Waals surface area contributed by atoms with E-state index in [1.807, 2.05) is 44.2 Å². The first-order valence-corrected chi connectivity index (χ1v) is 14.4. The number of hydrogen-bond acceptors (Lipinski definition) is 8. The average Bonchev–Trinajstić information content (AvgIpc) is 3.58. The highest BCUT2D eigenvalue weighted by molar-refractivity contribution is 7.89. The van der Waals surface area contributed by atoms with Crippen molar-refractivity contribution < 1.29 is 32.5 Å². The Morgan fingerprint density at radius 3 is 2.58 bits per heavy atom. The minimum absolute atomic E-state index is 0.00554. The highest BCUT2D eigenvalue weighted by Gasteiger charge is 2.32. The molecule has 2 aromatic rings. The molecule has 0 unspecified atom stereocenters. The minimum atomic E-state index is -3.97. The van der Waals surface area contributed by atoms with Crippen LogP contribution in [-0.2, 0) is 26.0 Å². The minimum Gasteiger partial charge on any atom is -0.454 e. The van der Waals surface area contributed by atoms with E-state index in [2.05, 4.69) is 10.6 Å². The Morgan fingerprint density at radius 1 is 1.11 bits per heavy atom. The fourth-order valence-corrected chi connectivity index (χ4v) is 6.18. The molecule has 2 heterocycles. The van der Waals surface area contributed by atoms with Crippen molar-refractivity contribution in [1.82, 2.24) is 14.9 Å². The summed E-state index contributed by atoms with van der Waals surface area (Å²) in [6, 6.07) is 13.4. The van der Waals surface area contributed by atoms with Crippen molar-refractivity contribution in [2.75, 3.05) is 39.6 Å². The van der Waals surface area contributed by atoms with Gasteiger partial charge in [0.25, 0.3) is 0 Å². The monoisotopic (exact) mass is 547 g/mol. The van der Waals surface area contributed by atoms with E-state index in [1.54, 1.807) is 6.07 Å². The van der Waals surface area contributed by atoms with Crippen LogP contribution in [-0.4, -0.2) is 81.6 Å². The van der Waals surface area contributed by atoms with Crippen molar-refractivity contribution >= 4 is 15.9 Å². The van der Waals surface area contributed by atoms with Gasteiger partial charge in [-0.05, 0) is 36.5 Å². The van der Waals surface area contributed by atoms with Gasteiger partial charge in [0.2, 0.25) is 22.7 Å². The molecule has 0 aromatic heterocycles. The van der Waals surface area contributed by atoms with Gasteiger partial charge < -0.3 is 30.0 Å².